The molecular formula is C11H19NO4. The van der Waals surface area contributed by atoms with Gasteiger partial charge in [0.15, 0.2) is 0 Å². The maximum atomic E-state index is 11.5. The Hall–Kier alpha value is -1.10. The Kier molecular flexibility index (Phi) is 5.25. The summed E-state index contributed by atoms with van der Waals surface area (Å²) in [6.45, 7) is 3.06. The second kappa shape index (κ2) is 6.48. The van der Waals surface area contributed by atoms with Crippen molar-refractivity contribution in [3.63, 3.8) is 0 Å². The van der Waals surface area contributed by atoms with Gasteiger partial charge in [0.05, 0.1) is 20.3 Å². The van der Waals surface area contributed by atoms with E-state index in [1.54, 1.807) is 6.92 Å². The number of hydrogen-bond acceptors (Lipinski definition) is 5. The molecule has 1 aliphatic rings. The third-order valence-corrected chi connectivity index (χ3v) is 2.72. The lowest BCUT2D eigenvalue weighted by Crippen LogP contribution is -2.47. The largest absolute Gasteiger partial charge is 0.468 e. The first-order valence-corrected chi connectivity index (χ1v) is 5.66. The molecule has 0 unspecified atom stereocenters. The number of likely N-dealkylation sites (tertiary alicyclic amines) is 1. The molecule has 1 aliphatic heterocycles. The Morgan fingerprint density at radius 2 is 2.12 bits per heavy atom. The number of hydrogen-bond donors (Lipinski definition) is 0. The van der Waals surface area contributed by atoms with E-state index in [0.29, 0.717) is 6.61 Å². The standard InChI is InChI=1S/C11H19NO4/c1-3-16-10(13)8-12-7-5-4-6-9(12)11(14)15-2/h9H,3-8H2,1-2H3/t9-/m1/s1. The minimum Gasteiger partial charge on any atom is -0.468 e. The molecule has 92 valence electrons. The average Bonchev–Trinajstić information content (AvgIpc) is 2.29. The van der Waals surface area contributed by atoms with Crippen LogP contribution < -0.4 is 0 Å². The van der Waals surface area contributed by atoms with Crippen LogP contribution in [0.2, 0.25) is 0 Å². The molecule has 0 saturated carbocycles. The fourth-order valence-electron chi connectivity index (χ4n) is 1.96. The lowest BCUT2D eigenvalue weighted by Gasteiger charge is -2.32. The van der Waals surface area contributed by atoms with Gasteiger partial charge in [-0.15, -0.1) is 0 Å². The van der Waals surface area contributed by atoms with Crippen LogP contribution in [0.25, 0.3) is 0 Å². The Morgan fingerprint density at radius 3 is 2.75 bits per heavy atom. The summed E-state index contributed by atoms with van der Waals surface area (Å²) in [5.41, 5.74) is 0. The Balaban J connectivity index is 2.53. The van der Waals surface area contributed by atoms with Gasteiger partial charge in [-0.2, -0.15) is 0 Å². The summed E-state index contributed by atoms with van der Waals surface area (Å²) in [4.78, 5) is 24.7. The highest BCUT2D eigenvalue weighted by Crippen LogP contribution is 2.17. The Labute approximate surface area is 95.7 Å². The molecule has 16 heavy (non-hydrogen) atoms. The third kappa shape index (κ3) is 3.48. The second-order valence-electron chi connectivity index (χ2n) is 3.81. The number of ether oxygens (including phenoxy) is 2. The van der Waals surface area contributed by atoms with Crippen LogP contribution in [0, 0.1) is 0 Å². The first-order chi connectivity index (χ1) is 7.69. The number of piperidine rings is 1. The van der Waals surface area contributed by atoms with Crippen molar-refractivity contribution in [2.45, 2.75) is 32.2 Å². The molecule has 0 aromatic carbocycles. The second-order valence-corrected chi connectivity index (χ2v) is 3.81. The van der Waals surface area contributed by atoms with Crippen LogP contribution in [0.4, 0.5) is 0 Å². The molecule has 0 aromatic heterocycles. The van der Waals surface area contributed by atoms with Crippen molar-refractivity contribution in [2.24, 2.45) is 0 Å². The molecule has 0 aliphatic carbocycles. The van der Waals surface area contributed by atoms with Crippen molar-refractivity contribution >= 4 is 11.9 Å². The molecule has 0 N–H and O–H groups in total. The molecule has 1 fully saturated rings. The lowest BCUT2D eigenvalue weighted by molar-refractivity contribution is -0.152. The van der Waals surface area contributed by atoms with E-state index in [4.69, 9.17) is 9.47 Å². The summed E-state index contributed by atoms with van der Waals surface area (Å²) in [7, 11) is 1.37. The number of esters is 2. The van der Waals surface area contributed by atoms with Crippen LogP contribution in [0.5, 0.6) is 0 Å². The van der Waals surface area contributed by atoms with Crippen LogP contribution >= 0.6 is 0 Å². The van der Waals surface area contributed by atoms with Crippen LogP contribution in [0.1, 0.15) is 26.2 Å². The minimum absolute atomic E-state index is 0.174. The summed E-state index contributed by atoms with van der Waals surface area (Å²) in [6, 6.07) is -0.289. The topological polar surface area (TPSA) is 55.8 Å². The molecule has 0 radical (unpaired) electrons. The molecule has 1 saturated heterocycles. The van der Waals surface area contributed by atoms with E-state index in [-0.39, 0.29) is 24.5 Å². The van der Waals surface area contributed by atoms with Crippen molar-refractivity contribution in [1.82, 2.24) is 4.90 Å². The molecule has 0 bridgehead atoms. The number of methoxy groups -OCH3 is 1. The predicted octanol–water partition coefficient (Wildman–Crippen LogP) is 0.577. The van der Waals surface area contributed by atoms with Gasteiger partial charge in [0.2, 0.25) is 0 Å². The van der Waals surface area contributed by atoms with Crippen molar-refractivity contribution in [3.05, 3.63) is 0 Å². The smallest absolute Gasteiger partial charge is 0.323 e. The number of rotatable bonds is 4. The number of nitrogens with zero attached hydrogens (tertiary/aromatic N) is 1. The fraction of sp³-hybridized carbons (Fsp3) is 0.818. The molecule has 5 heteroatoms. The van der Waals surface area contributed by atoms with E-state index in [1.165, 1.54) is 7.11 Å². The van der Waals surface area contributed by atoms with Gasteiger partial charge in [0, 0.05) is 0 Å². The predicted molar refractivity (Wildman–Crippen MR) is 57.9 cm³/mol. The summed E-state index contributed by atoms with van der Waals surface area (Å²) >= 11 is 0. The molecule has 1 atom stereocenters. The summed E-state index contributed by atoms with van der Waals surface area (Å²) in [5, 5.41) is 0. The van der Waals surface area contributed by atoms with E-state index >= 15 is 0 Å². The first-order valence-electron chi connectivity index (χ1n) is 5.66. The Bertz CT molecular complexity index is 254. The molecule has 0 aromatic rings. The zero-order chi connectivity index (χ0) is 12.0. The fourth-order valence-corrected chi connectivity index (χ4v) is 1.96. The van der Waals surface area contributed by atoms with Gasteiger partial charge in [0.1, 0.15) is 6.04 Å². The van der Waals surface area contributed by atoms with E-state index in [9.17, 15) is 9.59 Å². The SMILES string of the molecule is CCOC(=O)CN1CCCC[C@@H]1C(=O)OC. The molecule has 1 rings (SSSR count). The average molecular weight is 229 g/mol. The van der Waals surface area contributed by atoms with E-state index in [1.807, 2.05) is 4.90 Å². The zero-order valence-electron chi connectivity index (χ0n) is 9.90. The lowest BCUT2D eigenvalue weighted by atomic mass is 10.0. The quantitative estimate of drug-likeness (QED) is 0.660. The highest BCUT2D eigenvalue weighted by atomic mass is 16.5. The molecule has 5 nitrogen and oxygen atoms in total. The van der Waals surface area contributed by atoms with Crippen molar-refractivity contribution in [3.8, 4) is 0 Å². The van der Waals surface area contributed by atoms with Gasteiger partial charge < -0.3 is 9.47 Å². The van der Waals surface area contributed by atoms with Gasteiger partial charge in [-0.05, 0) is 26.3 Å². The van der Waals surface area contributed by atoms with Gasteiger partial charge >= 0.3 is 11.9 Å². The molecule has 0 spiro atoms. The zero-order valence-corrected chi connectivity index (χ0v) is 9.90. The van der Waals surface area contributed by atoms with E-state index in [2.05, 4.69) is 0 Å². The van der Waals surface area contributed by atoms with Crippen molar-refractivity contribution < 1.29 is 19.1 Å². The maximum absolute atomic E-state index is 11.5. The van der Waals surface area contributed by atoms with Crippen LogP contribution in [-0.2, 0) is 19.1 Å². The first kappa shape index (κ1) is 13.0. The van der Waals surface area contributed by atoms with Crippen LogP contribution in [0.15, 0.2) is 0 Å². The molecular weight excluding hydrogens is 210 g/mol. The van der Waals surface area contributed by atoms with Gasteiger partial charge in [-0.1, -0.05) is 6.42 Å². The number of carbonyl (C=O) groups is 2. The van der Waals surface area contributed by atoms with Gasteiger partial charge in [-0.25, -0.2) is 0 Å². The van der Waals surface area contributed by atoms with E-state index < -0.39 is 0 Å². The third-order valence-electron chi connectivity index (χ3n) is 2.72. The van der Waals surface area contributed by atoms with Crippen molar-refractivity contribution in [2.75, 3.05) is 26.8 Å². The van der Waals surface area contributed by atoms with Crippen LogP contribution in [0.3, 0.4) is 0 Å². The maximum Gasteiger partial charge on any atom is 0.323 e. The molecule has 0 amide bonds. The van der Waals surface area contributed by atoms with Crippen LogP contribution in [-0.4, -0.2) is 49.7 Å². The van der Waals surface area contributed by atoms with Gasteiger partial charge in [-0.3, -0.25) is 14.5 Å². The summed E-state index contributed by atoms with van der Waals surface area (Å²) in [6.07, 6.45) is 2.76. The highest BCUT2D eigenvalue weighted by Gasteiger charge is 2.30. The van der Waals surface area contributed by atoms with Crippen molar-refractivity contribution in [1.29, 1.82) is 0 Å². The summed E-state index contributed by atoms with van der Waals surface area (Å²) < 4.78 is 9.60. The van der Waals surface area contributed by atoms with E-state index in [0.717, 1.165) is 25.8 Å². The number of carbonyl (C=O) groups excluding carboxylic acids is 2. The molecule has 1 heterocycles. The van der Waals surface area contributed by atoms with Gasteiger partial charge in [0.25, 0.3) is 0 Å². The monoisotopic (exact) mass is 229 g/mol. The highest BCUT2D eigenvalue weighted by molar-refractivity contribution is 5.77. The minimum atomic E-state index is -0.289. The summed E-state index contributed by atoms with van der Waals surface area (Å²) in [5.74, 6) is -0.540. The Morgan fingerprint density at radius 1 is 1.38 bits per heavy atom. The normalized spacial score (nSPS) is 21.5.